The third-order valence-electron chi connectivity index (χ3n) is 3.95. The highest BCUT2D eigenvalue weighted by Gasteiger charge is 2.39. The normalized spacial score (nSPS) is 26.2. The number of hydrogen-bond donors (Lipinski definition) is 2. The SMILES string of the molecule is COc1ccnc(C(=O)NC2CCCC2(C)CO)c1. The number of methoxy groups -OCH3 is 1. The zero-order valence-corrected chi connectivity index (χ0v) is 11.3. The van der Waals surface area contributed by atoms with E-state index in [0.717, 1.165) is 19.3 Å². The van der Waals surface area contributed by atoms with Crippen LogP contribution in [0.5, 0.6) is 5.75 Å². The Morgan fingerprint density at radius 2 is 2.47 bits per heavy atom. The monoisotopic (exact) mass is 264 g/mol. The Kier molecular flexibility index (Phi) is 4.04. The van der Waals surface area contributed by atoms with Crippen molar-refractivity contribution in [1.82, 2.24) is 10.3 Å². The smallest absolute Gasteiger partial charge is 0.270 e. The van der Waals surface area contributed by atoms with Gasteiger partial charge in [-0.2, -0.15) is 0 Å². The predicted molar refractivity (Wildman–Crippen MR) is 71.1 cm³/mol. The summed E-state index contributed by atoms with van der Waals surface area (Å²) in [4.78, 5) is 16.2. The number of aliphatic hydroxyl groups excluding tert-OH is 1. The summed E-state index contributed by atoms with van der Waals surface area (Å²) in [5.41, 5.74) is 0.112. The Morgan fingerprint density at radius 3 is 3.16 bits per heavy atom. The Bertz CT molecular complexity index is 464. The quantitative estimate of drug-likeness (QED) is 0.861. The van der Waals surface area contributed by atoms with E-state index in [-0.39, 0.29) is 24.0 Å². The number of carbonyl (C=O) groups excluding carboxylic acids is 1. The molecule has 0 bridgehead atoms. The summed E-state index contributed by atoms with van der Waals surface area (Å²) in [5.74, 6) is 0.391. The number of carbonyl (C=O) groups is 1. The highest BCUT2D eigenvalue weighted by molar-refractivity contribution is 5.92. The zero-order chi connectivity index (χ0) is 13.9. The van der Waals surface area contributed by atoms with E-state index in [1.165, 1.54) is 0 Å². The van der Waals surface area contributed by atoms with Crippen LogP contribution in [-0.2, 0) is 0 Å². The fraction of sp³-hybridized carbons (Fsp3) is 0.571. The lowest BCUT2D eigenvalue weighted by atomic mass is 9.86. The number of hydrogen-bond acceptors (Lipinski definition) is 4. The first-order chi connectivity index (χ1) is 9.09. The second kappa shape index (κ2) is 5.57. The van der Waals surface area contributed by atoms with Crippen LogP contribution in [0.4, 0.5) is 0 Å². The second-order valence-electron chi connectivity index (χ2n) is 5.31. The molecule has 1 aliphatic carbocycles. The number of aromatic nitrogens is 1. The van der Waals surface area contributed by atoms with Crippen LogP contribution in [0.15, 0.2) is 18.3 Å². The van der Waals surface area contributed by atoms with Crippen molar-refractivity contribution in [2.75, 3.05) is 13.7 Å². The van der Waals surface area contributed by atoms with Gasteiger partial charge in [-0.15, -0.1) is 0 Å². The predicted octanol–water partition coefficient (Wildman–Crippen LogP) is 1.37. The van der Waals surface area contributed by atoms with E-state index >= 15 is 0 Å². The molecule has 5 nitrogen and oxygen atoms in total. The van der Waals surface area contributed by atoms with Crippen LogP contribution < -0.4 is 10.1 Å². The van der Waals surface area contributed by atoms with Crippen LogP contribution in [0, 0.1) is 5.41 Å². The number of nitrogens with zero attached hydrogens (tertiary/aromatic N) is 1. The first-order valence-corrected chi connectivity index (χ1v) is 6.51. The summed E-state index contributed by atoms with van der Waals surface area (Å²) in [6, 6.07) is 3.31. The Hall–Kier alpha value is -1.62. The Balaban J connectivity index is 2.08. The molecule has 0 saturated heterocycles. The number of rotatable bonds is 4. The van der Waals surface area contributed by atoms with Gasteiger partial charge >= 0.3 is 0 Å². The molecule has 1 fully saturated rings. The first kappa shape index (κ1) is 13.8. The number of amides is 1. The lowest BCUT2D eigenvalue weighted by Gasteiger charge is -2.29. The van der Waals surface area contributed by atoms with E-state index < -0.39 is 0 Å². The molecule has 2 N–H and O–H groups in total. The molecule has 19 heavy (non-hydrogen) atoms. The first-order valence-electron chi connectivity index (χ1n) is 6.51. The minimum Gasteiger partial charge on any atom is -0.497 e. The maximum atomic E-state index is 12.2. The molecule has 1 aromatic rings. The molecular weight excluding hydrogens is 244 g/mol. The molecule has 0 aromatic carbocycles. The summed E-state index contributed by atoms with van der Waals surface area (Å²) < 4.78 is 5.08. The van der Waals surface area contributed by atoms with Gasteiger partial charge in [0.1, 0.15) is 11.4 Å². The van der Waals surface area contributed by atoms with Crippen LogP contribution in [0.2, 0.25) is 0 Å². The summed E-state index contributed by atoms with van der Waals surface area (Å²) in [6.07, 6.45) is 4.40. The van der Waals surface area contributed by atoms with E-state index in [2.05, 4.69) is 10.3 Å². The minimum absolute atomic E-state index is 0.00185. The van der Waals surface area contributed by atoms with Gasteiger partial charge in [-0.3, -0.25) is 9.78 Å². The van der Waals surface area contributed by atoms with Crippen LogP contribution in [-0.4, -0.2) is 35.8 Å². The highest BCUT2D eigenvalue weighted by Crippen LogP contribution is 2.37. The van der Waals surface area contributed by atoms with E-state index in [9.17, 15) is 9.90 Å². The summed E-state index contributed by atoms with van der Waals surface area (Å²) in [7, 11) is 1.55. The second-order valence-corrected chi connectivity index (χ2v) is 5.31. The van der Waals surface area contributed by atoms with Gasteiger partial charge in [0.15, 0.2) is 0 Å². The highest BCUT2D eigenvalue weighted by atomic mass is 16.5. The molecule has 1 saturated carbocycles. The van der Waals surface area contributed by atoms with Gasteiger partial charge in [0, 0.05) is 23.7 Å². The molecular formula is C14H20N2O3. The number of aliphatic hydroxyl groups is 1. The van der Waals surface area contributed by atoms with Crippen molar-refractivity contribution in [3.63, 3.8) is 0 Å². The fourth-order valence-electron chi connectivity index (χ4n) is 2.56. The van der Waals surface area contributed by atoms with Crippen molar-refractivity contribution in [1.29, 1.82) is 0 Å². The molecule has 1 aromatic heterocycles. The Morgan fingerprint density at radius 1 is 1.68 bits per heavy atom. The molecule has 0 spiro atoms. The summed E-state index contributed by atoms with van der Waals surface area (Å²) >= 11 is 0. The lowest BCUT2D eigenvalue weighted by molar-refractivity contribution is 0.0825. The van der Waals surface area contributed by atoms with Gasteiger partial charge in [0.05, 0.1) is 13.7 Å². The zero-order valence-electron chi connectivity index (χ0n) is 11.3. The molecule has 0 aliphatic heterocycles. The van der Waals surface area contributed by atoms with Crippen LogP contribution in [0.1, 0.15) is 36.7 Å². The van der Waals surface area contributed by atoms with Gasteiger partial charge in [0.2, 0.25) is 0 Å². The van der Waals surface area contributed by atoms with Gasteiger partial charge in [-0.05, 0) is 18.9 Å². The van der Waals surface area contributed by atoms with Crippen LogP contribution in [0.25, 0.3) is 0 Å². The van der Waals surface area contributed by atoms with Crippen molar-refractivity contribution in [3.05, 3.63) is 24.0 Å². The molecule has 0 radical (unpaired) electrons. The third-order valence-corrected chi connectivity index (χ3v) is 3.95. The third kappa shape index (κ3) is 2.87. The molecule has 2 rings (SSSR count). The topological polar surface area (TPSA) is 71.5 Å². The molecule has 104 valence electrons. The average Bonchev–Trinajstić information content (AvgIpc) is 2.81. The summed E-state index contributed by atoms with van der Waals surface area (Å²) in [6.45, 7) is 2.09. The van der Waals surface area contributed by atoms with Gasteiger partial charge in [0.25, 0.3) is 5.91 Å². The van der Waals surface area contributed by atoms with Crippen molar-refractivity contribution >= 4 is 5.91 Å². The largest absolute Gasteiger partial charge is 0.497 e. The van der Waals surface area contributed by atoms with Gasteiger partial charge in [-0.1, -0.05) is 13.3 Å². The van der Waals surface area contributed by atoms with Crippen LogP contribution in [0.3, 0.4) is 0 Å². The number of pyridine rings is 1. The van der Waals surface area contributed by atoms with Crippen LogP contribution >= 0.6 is 0 Å². The van der Waals surface area contributed by atoms with E-state index in [1.807, 2.05) is 6.92 Å². The number of ether oxygens (including phenoxy) is 1. The van der Waals surface area contributed by atoms with E-state index in [1.54, 1.807) is 25.4 Å². The standard InChI is InChI=1S/C14H20N2O3/c1-14(9-17)6-3-4-12(14)16-13(18)11-8-10(19-2)5-7-15-11/h5,7-8,12,17H,3-4,6,9H2,1-2H3,(H,16,18). The Labute approximate surface area is 113 Å². The molecule has 1 amide bonds. The molecule has 2 atom stereocenters. The van der Waals surface area contributed by atoms with Crippen molar-refractivity contribution in [3.8, 4) is 5.75 Å². The van der Waals surface area contributed by atoms with Crippen molar-refractivity contribution in [2.24, 2.45) is 5.41 Å². The van der Waals surface area contributed by atoms with Crippen molar-refractivity contribution in [2.45, 2.75) is 32.2 Å². The average molecular weight is 264 g/mol. The maximum absolute atomic E-state index is 12.2. The van der Waals surface area contributed by atoms with E-state index in [4.69, 9.17) is 4.74 Å². The molecule has 2 unspecified atom stereocenters. The van der Waals surface area contributed by atoms with E-state index in [0.29, 0.717) is 11.4 Å². The number of nitrogens with one attached hydrogen (secondary N) is 1. The molecule has 1 heterocycles. The van der Waals surface area contributed by atoms with Crippen molar-refractivity contribution < 1.29 is 14.6 Å². The fourth-order valence-corrected chi connectivity index (χ4v) is 2.56. The minimum atomic E-state index is -0.228. The lowest BCUT2D eigenvalue weighted by Crippen LogP contribution is -2.44. The maximum Gasteiger partial charge on any atom is 0.270 e. The van der Waals surface area contributed by atoms with Gasteiger partial charge < -0.3 is 15.2 Å². The molecule has 5 heteroatoms. The molecule has 1 aliphatic rings. The summed E-state index contributed by atoms with van der Waals surface area (Å²) in [5, 5.41) is 12.4. The van der Waals surface area contributed by atoms with Gasteiger partial charge in [-0.25, -0.2) is 0 Å².